The molecule has 0 radical (unpaired) electrons. The molecular weight excluding hydrogens is 210 g/mol. The van der Waals surface area contributed by atoms with Gasteiger partial charge >= 0.3 is 0 Å². The Kier molecular flexibility index (Phi) is 4.43. The fraction of sp³-hybridized carbons (Fsp3) is 0.600. The zero-order chi connectivity index (χ0) is 12.1. The predicted octanol–water partition coefficient (Wildman–Crippen LogP) is 3.28. The van der Waals surface area contributed by atoms with Gasteiger partial charge in [0.05, 0.1) is 7.11 Å². The average molecular weight is 233 g/mol. The molecule has 0 saturated carbocycles. The minimum Gasteiger partial charge on any atom is -0.496 e. The minimum atomic E-state index is 0.680. The van der Waals surface area contributed by atoms with Crippen LogP contribution in [0.4, 0.5) is 0 Å². The van der Waals surface area contributed by atoms with Crippen LogP contribution in [-0.2, 0) is 0 Å². The largest absolute Gasteiger partial charge is 0.496 e. The molecule has 1 heterocycles. The first kappa shape index (κ1) is 12.4. The molecule has 94 valence electrons. The van der Waals surface area contributed by atoms with Crippen LogP contribution in [0.25, 0.3) is 0 Å². The van der Waals surface area contributed by atoms with E-state index >= 15 is 0 Å². The third kappa shape index (κ3) is 3.01. The lowest BCUT2D eigenvalue weighted by atomic mass is 9.89. The summed E-state index contributed by atoms with van der Waals surface area (Å²) in [6.07, 6.45) is 3.79. The molecule has 0 unspecified atom stereocenters. The van der Waals surface area contributed by atoms with Crippen LogP contribution in [0.15, 0.2) is 24.3 Å². The third-order valence-corrected chi connectivity index (χ3v) is 3.71. The minimum absolute atomic E-state index is 0.680. The van der Waals surface area contributed by atoms with Gasteiger partial charge in [0.1, 0.15) is 5.75 Å². The van der Waals surface area contributed by atoms with Crippen molar-refractivity contribution in [2.45, 2.75) is 32.1 Å². The fourth-order valence-electron chi connectivity index (χ4n) is 2.79. The van der Waals surface area contributed by atoms with Crippen molar-refractivity contribution >= 4 is 0 Å². The zero-order valence-corrected chi connectivity index (χ0v) is 11.0. The zero-order valence-electron chi connectivity index (χ0n) is 11.0. The molecule has 0 spiro atoms. The van der Waals surface area contributed by atoms with Crippen molar-refractivity contribution in [1.29, 1.82) is 0 Å². The number of likely N-dealkylation sites (tertiary alicyclic amines) is 1. The van der Waals surface area contributed by atoms with E-state index in [4.69, 9.17) is 4.74 Å². The van der Waals surface area contributed by atoms with Gasteiger partial charge in [0, 0.05) is 0 Å². The molecule has 0 amide bonds. The summed E-state index contributed by atoms with van der Waals surface area (Å²) >= 11 is 0. The van der Waals surface area contributed by atoms with E-state index in [9.17, 15) is 0 Å². The van der Waals surface area contributed by atoms with Crippen molar-refractivity contribution in [1.82, 2.24) is 4.90 Å². The van der Waals surface area contributed by atoms with E-state index in [2.05, 4.69) is 36.1 Å². The second-order valence-corrected chi connectivity index (χ2v) is 4.86. The number of methoxy groups -OCH3 is 1. The Morgan fingerprint density at radius 1 is 1.24 bits per heavy atom. The maximum absolute atomic E-state index is 5.46. The molecule has 0 N–H and O–H groups in total. The standard InChI is InChI=1S/C15H23NO/c1-3-10-16-11-8-13(9-12-16)14-6-4-5-7-15(14)17-2/h4-7,13H,3,8-12H2,1-2H3. The Balaban J connectivity index is 2.00. The summed E-state index contributed by atoms with van der Waals surface area (Å²) in [6.45, 7) is 5.97. The Hall–Kier alpha value is -1.02. The number of para-hydroxylation sites is 1. The Bertz CT molecular complexity index is 343. The SMILES string of the molecule is CCCN1CCC(c2ccccc2OC)CC1. The Labute approximate surface area is 105 Å². The van der Waals surface area contributed by atoms with E-state index in [0.717, 1.165) is 5.75 Å². The molecule has 1 aromatic rings. The molecule has 1 aromatic carbocycles. The smallest absolute Gasteiger partial charge is 0.122 e. The summed E-state index contributed by atoms with van der Waals surface area (Å²) in [5.74, 6) is 1.74. The van der Waals surface area contributed by atoms with E-state index in [1.165, 1.54) is 44.5 Å². The highest BCUT2D eigenvalue weighted by molar-refractivity contribution is 5.36. The summed E-state index contributed by atoms with van der Waals surface area (Å²) in [5.41, 5.74) is 1.39. The number of hydrogen-bond donors (Lipinski definition) is 0. The summed E-state index contributed by atoms with van der Waals surface area (Å²) in [6, 6.07) is 8.47. The van der Waals surface area contributed by atoms with Crippen molar-refractivity contribution in [3.05, 3.63) is 29.8 Å². The Morgan fingerprint density at radius 2 is 1.94 bits per heavy atom. The number of rotatable bonds is 4. The normalized spacial score (nSPS) is 18.2. The lowest BCUT2D eigenvalue weighted by Crippen LogP contribution is -2.33. The van der Waals surface area contributed by atoms with Crippen molar-refractivity contribution in [2.75, 3.05) is 26.7 Å². The molecule has 0 aliphatic carbocycles. The summed E-state index contributed by atoms with van der Waals surface area (Å²) in [5, 5.41) is 0. The number of ether oxygens (including phenoxy) is 1. The van der Waals surface area contributed by atoms with Gasteiger partial charge in [0.25, 0.3) is 0 Å². The first-order valence-corrected chi connectivity index (χ1v) is 6.70. The highest BCUT2D eigenvalue weighted by Crippen LogP contribution is 2.33. The van der Waals surface area contributed by atoms with E-state index in [1.807, 2.05) is 0 Å². The molecule has 1 aliphatic rings. The van der Waals surface area contributed by atoms with Gasteiger partial charge in [-0.25, -0.2) is 0 Å². The van der Waals surface area contributed by atoms with E-state index in [1.54, 1.807) is 7.11 Å². The second-order valence-electron chi connectivity index (χ2n) is 4.86. The van der Waals surface area contributed by atoms with Crippen molar-refractivity contribution in [3.63, 3.8) is 0 Å². The maximum atomic E-state index is 5.46. The molecule has 2 heteroatoms. The lowest BCUT2D eigenvalue weighted by molar-refractivity contribution is 0.211. The molecule has 1 saturated heterocycles. The first-order chi connectivity index (χ1) is 8.35. The lowest BCUT2D eigenvalue weighted by Gasteiger charge is -2.32. The average Bonchev–Trinajstić information content (AvgIpc) is 2.40. The summed E-state index contributed by atoms with van der Waals surface area (Å²) in [7, 11) is 1.77. The van der Waals surface area contributed by atoms with Gasteiger partial charge in [0.2, 0.25) is 0 Å². The second kappa shape index (κ2) is 6.06. The van der Waals surface area contributed by atoms with Crippen LogP contribution < -0.4 is 4.74 Å². The number of piperidine rings is 1. The molecule has 1 aliphatic heterocycles. The van der Waals surface area contributed by atoms with Crippen molar-refractivity contribution in [2.24, 2.45) is 0 Å². The molecule has 0 bridgehead atoms. The quantitative estimate of drug-likeness (QED) is 0.791. The van der Waals surface area contributed by atoms with E-state index in [0.29, 0.717) is 5.92 Å². The van der Waals surface area contributed by atoms with Crippen LogP contribution >= 0.6 is 0 Å². The van der Waals surface area contributed by atoms with Crippen LogP contribution in [0, 0.1) is 0 Å². The fourth-order valence-corrected chi connectivity index (χ4v) is 2.79. The molecule has 0 atom stereocenters. The van der Waals surface area contributed by atoms with E-state index in [-0.39, 0.29) is 0 Å². The van der Waals surface area contributed by atoms with Crippen molar-refractivity contribution in [3.8, 4) is 5.75 Å². The van der Waals surface area contributed by atoms with Gasteiger partial charge in [-0.15, -0.1) is 0 Å². The monoisotopic (exact) mass is 233 g/mol. The Morgan fingerprint density at radius 3 is 2.59 bits per heavy atom. The van der Waals surface area contributed by atoms with Crippen LogP contribution in [0.2, 0.25) is 0 Å². The highest BCUT2D eigenvalue weighted by atomic mass is 16.5. The topological polar surface area (TPSA) is 12.5 Å². The highest BCUT2D eigenvalue weighted by Gasteiger charge is 2.22. The van der Waals surface area contributed by atoms with Crippen LogP contribution in [-0.4, -0.2) is 31.6 Å². The van der Waals surface area contributed by atoms with E-state index < -0.39 is 0 Å². The number of benzene rings is 1. The predicted molar refractivity (Wildman–Crippen MR) is 71.7 cm³/mol. The van der Waals surface area contributed by atoms with Gasteiger partial charge in [-0.2, -0.15) is 0 Å². The number of nitrogens with zero attached hydrogens (tertiary/aromatic N) is 1. The van der Waals surface area contributed by atoms with Gasteiger partial charge < -0.3 is 9.64 Å². The molecular formula is C15H23NO. The summed E-state index contributed by atoms with van der Waals surface area (Å²) in [4.78, 5) is 2.58. The maximum Gasteiger partial charge on any atom is 0.122 e. The van der Waals surface area contributed by atoms with Crippen LogP contribution in [0.3, 0.4) is 0 Å². The van der Waals surface area contributed by atoms with Gasteiger partial charge in [0.15, 0.2) is 0 Å². The van der Waals surface area contributed by atoms with Gasteiger partial charge in [-0.3, -0.25) is 0 Å². The van der Waals surface area contributed by atoms with Gasteiger partial charge in [-0.05, 0) is 56.4 Å². The van der Waals surface area contributed by atoms with Crippen molar-refractivity contribution < 1.29 is 4.74 Å². The van der Waals surface area contributed by atoms with Crippen LogP contribution in [0.1, 0.15) is 37.7 Å². The number of hydrogen-bond acceptors (Lipinski definition) is 2. The molecule has 2 rings (SSSR count). The third-order valence-electron chi connectivity index (χ3n) is 3.71. The first-order valence-electron chi connectivity index (χ1n) is 6.70. The molecule has 2 nitrogen and oxygen atoms in total. The summed E-state index contributed by atoms with van der Waals surface area (Å²) < 4.78 is 5.46. The molecule has 0 aromatic heterocycles. The molecule has 17 heavy (non-hydrogen) atoms. The molecule has 1 fully saturated rings. The van der Waals surface area contributed by atoms with Gasteiger partial charge in [-0.1, -0.05) is 25.1 Å². The van der Waals surface area contributed by atoms with Crippen LogP contribution in [0.5, 0.6) is 5.75 Å².